The lowest BCUT2D eigenvalue weighted by molar-refractivity contribution is 1.08. The molecule has 0 bridgehead atoms. The zero-order chi connectivity index (χ0) is 30.2. The molecule has 46 heavy (non-hydrogen) atoms. The monoisotopic (exact) mass is 586 g/mol. The van der Waals surface area contributed by atoms with Gasteiger partial charge in [-0.15, -0.1) is 0 Å². The van der Waals surface area contributed by atoms with Crippen LogP contribution in [0.1, 0.15) is 0 Å². The van der Waals surface area contributed by atoms with E-state index in [1.807, 2.05) is 30.3 Å². The second-order valence-corrected chi connectivity index (χ2v) is 11.8. The van der Waals surface area contributed by atoms with E-state index in [9.17, 15) is 0 Å². The minimum atomic E-state index is 0.827. The average molecular weight is 587 g/mol. The molecule has 3 heterocycles. The molecule has 0 aliphatic rings. The van der Waals surface area contributed by atoms with Gasteiger partial charge in [-0.2, -0.15) is 0 Å². The maximum atomic E-state index is 5.32. The van der Waals surface area contributed by atoms with Crippen molar-refractivity contribution in [3.63, 3.8) is 0 Å². The van der Waals surface area contributed by atoms with Gasteiger partial charge < -0.3 is 4.57 Å². The standard InChI is InChI=1S/C42H26N4/c1-2-14-28(15-3-1)41-42(44-35-21-9-8-20-34(35)43-41)46-38-23-11-7-19-31(38)33-25-39-32(26-40(33)46)30-18-6-10-22-37(30)45(39)36-24-12-16-27-13-4-5-17-29(27)36/h1-26H. The van der Waals surface area contributed by atoms with Gasteiger partial charge in [0.05, 0.1) is 38.8 Å². The van der Waals surface area contributed by atoms with Crippen molar-refractivity contribution in [3.8, 4) is 22.8 Å². The largest absolute Gasteiger partial charge is 0.309 e. The summed E-state index contributed by atoms with van der Waals surface area (Å²) >= 11 is 0. The number of para-hydroxylation sites is 4. The third-order valence-corrected chi connectivity index (χ3v) is 9.28. The highest BCUT2D eigenvalue weighted by Crippen LogP contribution is 2.41. The Kier molecular flexibility index (Phi) is 5.25. The van der Waals surface area contributed by atoms with E-state index in [1.54, 1.807) is 0 Å². The molecule has 3 aromatic heterocycles. The van der Waals surface area contributed by atoms with Gasteiger partial charge in [0.25, 0.3) is 0 Å². The summed E-state index contributed by atoms with van der Waals surface area (Å²) in [5, 5.41) is 7.25. The van der Waals surface area contributed by atoms with E-state index in [1.165, 1.54) is 49.0 Å². The topological polar surface area (TPSA) is 35.6 Å². The molecule has 0 amide bonds. The summed E-state index contributed by atoms with van der Waals surface area (Å²) < 4.78 is 4.75. The molecule has 0 aliphatic carbocycles. The minimum absolute atomic E-state index is 0.827. The Hall–Kier alpha value is -6.26. The van der Waals surface area contributed by atoms with Crippen molar-refractivity contribution in [2.24, 2.45) is 0 Å². The van der Waals surface area contributed by atoms with Crippen LogP contribution in [0.4, 0.5) is 0 Å². The highest BCUT2D eigenvalue weighted by atomic mass is 15.1. The van der Waals surface area contributed by atoms with Crippen LogP contribution in [-0.4, -0.2) is 19.1 Å². The van der Waals surface area contributed by atoms with E-state index in [4.69, 9.17) is 9.97 Å². The fourth-order valence-electron chi connectivity index (χ4n) is 7.26. The molecule has 0 saturated heterocycles. The Bertz CT molecular complexity index is 2800. The summed E-state index contributed by atoms with van der Waals surface area (Å²) in [6.45, 7) is 0. The molecule has 0 saturated carbocycles. The van der Waals surface area contributed by atoms with Crippen LogP contribution in [0.3, 0.4) is 0 Å². The number of nitrogens with zero attached hydrogens (tertiary/aromatic N) is 4. The number of fused-ring (bicyclic) bond motifs is 8. The summed E-state index contributed by atoms with van der Waals surface area (Å²) in [6, 6.07) is 55.9. The normalized spacial score (nSPS) is 11.9. The van der Waals surface area contributed by atoms with Gasteiger partial charge >= 0.3 is 0 Å². The van der Waals surface area contributed by atoms with Gasteiger partial charge in [0, 0.05) is 32.5 Å². The van der Waals surface area contributed by atoms with Crippen molar-refractivity contribution in [1.82, 2.24) is 19.1 Å². The predicted molar refractivity (Wildman–Crippen MR) is 191 cm³/mol. The highest BCUT2D eigenvalue weighted by Gasteiger charge is 2.22. The third-order valence-electron chi connectivity index (χ3n) is 9.28. The molecule has 4 heteroatoms. The van der Waals surface area contributed by atoms with Crippen molar-refractivity contribution in [1.29, 1.82) is 0 Å². The number of aromatic nitrogens is 4. The molecular formula is C42H26N4. The van der Waals surface area contributed by atoms with Gasteiger partial charge in [-0.3, -0.25) is 4.57 Å². The van der Waals surface area contributed by atoms with Crippen molar-refractivity contribution in [3.05, 3.63) is 158 Å². The van der Waals surface area contributed by atoms with E-state index in [-0.39, 0.29) is 0 Å². The second kappa shape index (κ2) is 9.62. The lowest BCUT2D eigenvalue weighted by Crippen LogP contribution is -2.03. The Morgan fingerprint density at radius 3 is 1.65 bits per heavy atom. The van der Waals surface area contributed by atoms with Gasteiger partial charge in [0.15, 0.2) is 5.82 Å². The van der Waals surface area contributed by atoms with Gasteiger partial charge in [0.2, 0.25) is 0 Å². The zero-order valence-electron chi connectivity index (χ0n) is 24.8. The number of rotatable bonds is 3. The van der Waals surface area contributed by atoms with Gasteiger partial charge in [-0.1, -0.05) is 115 Å². The summed E-state index contributed by atoms with van der Waals surface area (Å²) in [5.41, 5.74) is 9.41. The van der Waals surface area contributed by atoms with Gasteiger partial charge in [0.1, 0.15) is 5.69 Å². The molecule has 0 N–H and O–H groups in total. The molecule has 10 rings (SSSR count). The molecular weight excluding hydrogens is 560 g/mol. The maximum absolute atomic E-state index is 5.32. The molecule has 0 unspecified atom stereocenters. The van der Waals surface area contributed by atoms with Crippen LogP contribution < -0.4 is 0 Å². The molecule has 0 fully saturated rings. The average Bonchev–Trinajstić information content (AvgIpc) is 3.62. The van der Waals surface area contributed by atoms with Crippen LogP contribution in [0.15, 0.2) is 158 Å². The highest BCUT2D eigenvalue weighted by molar-refractivity contribution is 6.19. The Balaban J connectivity index is 1.37. The van der Waals surface area contributed by atoms with Crippen molar-refractivity contribution < 1.29 is 0 Å². The quantitative estimate of drug-likeness (QED) is 0.206. The first-order valence-electron chi connectivity index (χ1n) is 15.6. The van der Waals surface area contributed by atoms with Crippen molar-refractivity contribution in [2.75, 3.05) is 0 Å². The van der Waals surface area contributed by atoms with E-state index >= 15 is 0 Å². The summed E-state index contributed by atoms with van der Waals surface area (Å²) in [7, 11) is 0. The maximum Gasteiger partial charge on any atom is 0.165 e. The molecule has 0 spiro atoms. The molecule has 7 aromatic carbocycles. The predicted octanol–water partition coefficient (Wildman–Crippen LogP) is 10.6. The first kappa shape index (κ1) is 25.1. The Labute approximate surface area is 264 Å². The van der Waals surface area contributed by atoms with Crippen LogP contribution in [0, 0.1) is 0 Å². The van der Waals surface area contributed by atoms with Crippen LogP contribution in [-0.2, 0) is 0 Å². The summed E-state index contributed by atoms with van der Waals surface area (Å²) in [4.78, 5) is 10.5. The first-order valence-corrected chi connectivity index (χ1v) is 15.6. The molecule has 4 nitrogen and oxygen atoms in total. The number of hydrogen-bond acceptors (Lipinski definition) is 2. The van der Waals surface area contributed by atoms with E-state index in [0.717, 1.165) is 39.1 Å². The minimum Gasteiger partial charge on any atom is -0.309 e. The SMILES string of the molecule is c1ccc(-c2nc3ccccc3nc2-n2c3ccccc3c3cc4c(cc32)c2ccccc2n4-c2cccc3ccccc23)cc1. The van der Waals surface area contributed by atoms with E-state index < -0.39 is 0 Å². The van der Waals surface area contributed by atoms with Crippen LogP contribution >= 0.6 is 0 Å². The summed E-state index contributed by atoms with van der Waals surface area (Å²) in [5.74, 6) is 0.827. The first-order chi connectivity index (χ1) is 22.8. The molecule has 0 atom stereocenters. The van der Waals surface area contributed by atoms with Crippen LogP contribution in [0.2, 0.25) is 0 Å². The third kappa shape index (κ3) is 3.55. The van der Waals surface area contributed by atoms with Crippen molar-refractivity contribution in [2.45, 2.75) is 0 Å². The van der Waals surface area contributed by atoms with Gasteiger partial charge in [-0.25, -0.2) is 9.97 Å². The fraction of sp³-hybridized carbons (Fsp3) is 0. The smallest absolute Gasteiger partial charge is 0.165 e. The van der Waals surface area contributed by atoms with Crippen LogP contribution in [0.5, 0.6) is 0 Å². The van der Waals surface area contributed by atoms with E-state index in [2.05, 4.69) is 137 Å². The van der Waals surface area contributed by atoms with Gasteiger partial charge in [-0.05, 0) is 47.9 Å². The van der Waals surface area contributed by atoms with Crippen LogP contribution in [0.25, 0.3) is 88.2 Å². The van der Waals surface area contributed by atoms with Crippen molar-refractivity contribution >= 4 is 65.4 Å². The number of hydrogen-bond donors (Lipinski definition) is 0. The molecule has 10 aromatic rings. The number of benzene rings is 7. The fourth-order valence-corrected chi connectivity index (χ4v) is 7.26. The second-order valence-electron chi connectivity index (χ2n) is 11.8. The lowest BCUT2D eigenvalue weighted by Gasteiger charge is -2.14. The molecule has 0 aliphatic heterocycles. The van der Waals surface area contributed by atoms with E-state index in [0.29, 0.717) is 0 Å². The summed E-state index contributed by atoms with van der Waals surface area (Å²) in [6.07, 6.45) is 0. The Morgan fingerprint density at radius 1 is 0.370 bits per heavy atom. The lowest BCUT2D eigenvalue weighted by atomic mass is 10.1. The Morgan fingerprint density at radius 2 is 0.913 bits per heavy atom. The molecule has 214 valence electrons. The zero-order valence-corrected chi connectivity index (χ0v) is 24.8. The molecule has 0 radical (unpaired) electrons.